The first-order chi connectivity index (χ1) is 10.6. The molecule has 1 aromatic carbocycles. The Morgan fingerprint density at radius 1 is 1.41 bits per heavy atom. The number of aromatic nitrogens is 2. The fraction of sp³-hybridized carbons (Fsp3) is 0.357. The molecule has 22 heavy (non-hydrogen) atoms. The quantitative estimate of drug-likeness (QED) is 0.876. The summed E-state index contributed by atoms with van der Waals surface area (Å²) in [6.45, 7) is 0.571. The van der Waals surface area contributed by atoms with Crippen molar-refractivity contribution in [3.63, 3.8) is 0 Å². The van der Waals surface area contributed by atoms with Crippen LogP contribution in [0.5, 0.6) is 5.75 Å². The standard InChI is InChI=1S/C14H17FN4O3/c1-16-14(20)19(2)8-7-12-17-13(22-18-12)9-21-11-5-3-10(15)4-6-11/h3-6H,7-9H2,1-2H3,(H,16,20). The third-order valence-electron chi connectivity index (χ3n) is 2.92. The zero-order valence-corrected chi connectivity index (χ0v) is 12.4. The van der Waals surface area contributed by atoms with Crippen LogP contribution in [0.4, 0.5) is 9.18 Å². The highest BCUT2D eigenvalue weighted by Gasteiger charge is 2.10. The van der Waals surface area contributed by atoms with Crippen molar-refractivity contribution >= 4 is 6.03 Å². The van der Waals surface area contributed by atoms with Crippen molar-refractivity contribution in [3.8, 4) is 5.75 Å². The van der Waals surface area contributed by atoms with Gasteiger partial charge in [-0.25, -0.2) is 9.18 Å². The number of amides is 2. The van der Waals surface area contributed by atoms with Crippen molar-refractivity contribution in [3.05, 3.63) is 41.8 Å². The third kappa shape index (κ3) is 4.44. The second kappa shape index (κ2) is 7.39. The maximum Gasteiger partial charge on any atom is 0.316 e. The molecule has 8 heteroatoms. The number of likely N-dealkylation sites (N-methyl/N-ethyl adjacent to an activating group) is 1. The van der Waals surface area contributed by atoms with E-state index in [0.29, 0.717) is 30.4 Å². The second-order valence-electron chi connectivity index (χ2n) is 4.57. The lowest BCUT2D eigenvalue weighted by Crippen LogP contribution is -2.36. The molecule has 7 nitrogen and oxygen atoms in total. The van der Waals surface area contributed by atoms with Gasteiger partial charge in [-0.1, -0.05) is 5.16 Å². The first-order valence-electron chi connectivity index (χ1n) is 6.71. The Labute approximate surface area is 127 Å². The predicted octanol–water partition coefficient (Wildman–Crippen LogP) is 1.60. The molecule has 118 valence electrons. The fourth-order valence-electron chi connectivity index (χ4n) is 1.69. The Balaban J connectivity index is 1.81. The summed E-state index contributed by atoms with van der Waals surface area (Å²) in [6.07, 6.45) is 0.476. The lowest BCUT2D eigenvalue weighted by atomic mass is 10.3. The predicted molar refractivity (Wildman–Crippen MR) is 75.8 cm³/mol. The molecule has 2 aromatic rings. The van der Waals surface area contributed by atoms with E-state index in [1.807, 2.05) is 0 Å². The largest absolute Gasteiger partial charge is 0.484 e. The van der Waals surface area contributed by atoms with E-state index in [1.165, 1.54) is 29.2 Å². The maximum absolute atomic E-state index is 12.8. The van der Waals surface area contributed by atoms with E-state index in [-0.39, 0.29) is 18.5 Å². The molecule has 0 radical (unpaired) electrons. The molecule has 0 spiro atoms. The summed E-state index contributed by atoms with van der Waals surface area (Å²) >= 11 is 0. The Morgan fingerprint density at radius 2 is 2.14 bits per heavy atom. The lowest BCUT2D eigenvalue weighted by molar-refractivity contribution is 0.211. The van der Waals surface area contributed by atoms with Gasteiger partial charge in [-0.2, -0.15) is 4.98 Å². The summed E-state index contributed by atoms with van der Waals surface area (Å²) in [5.74, 6) is 1.00. The molecule has 0 unspecified atom stereocenters. The summed E-state index contributed by atoms with van der Waals surface area (Å²) in [6, 6.07) is 5.48. The molecule has 0 saturated heterocycles. The van der Waals surface area contributed by atoms with E-state index in [0.717, 1.165) is 0 Å². The van der Waals surface area contributed by atoms with E-state index in [4.69, 9.17) is 9.26 Å². The maximum atomic E-state index is 12.8. The number of carbonyl (C=O) groups excluding carboxylic acids is 1. The molecule has 0 bridgehead atoms. The van der Waals surface area contributed by atoms with Crippen molar-refractivity contribution in [1.29, 1.82) is 0 Å². The van der Waals surface area contributed by atoms with Crippen LogP contribution in [0, 0.1) is 5.82 Å². The molecule has 2 rings (SSSR count). The first kappa shape index (κ1) is 15.7. The molecule has 0 aliphatic rings. The lowest BCUT2D eigenvalue weighted by Gasteiger charge is -2.14. The van der Waals surface area contributed by atoms with Gasteiger partial charge < -0.3 is 19.5 Å². The first-order valence-corrected chi connectivity index (χ1v) is 6.71. The summed E-state index contributed by atoms with van der Waals surface area (Å²) in [7, 11) is 3.25. The minimum absolute atomic E-state index is 0.101. The van der Waals surface area contributed by atoms with E-state index in [9.17, 15) is 9.18 Å². The molecular weight excluding hydrogens is 291 g/mol. The molecule has 0 fully saturated rings. The van der Waals surface area contributed by atoms with Gasteiger partial charge >= 0.3 is 6.03 Å². The van der Waals surface area contributed by atoms with Gasteiger partial charge in [0.1, 0.15) is 11.6 Å². The average Bonchev–Trinajstić information content (AvgIpc) is 2.99. The fourth-order valence-corrected chi connectivity index (χ4v) is 1.69. The number of nitrogens with one attached hydrogen (secondary N) is 1. The molecule has 1 heterocycles. The Kier molecular flexibility index (Phi) is 5.29. The van der Waals surface area contributed by atoms with Crippen LogP contribution in [0.25, 0.3) is 0 Å². The zero-order valence-electron chi connectivity index (χ0n) is 12.4. The van der Waals surface area contributed by atoms with Crippen LogP contribution in [-0.4, -0.2) is 41.7 Å². The average molecular weight is 308 g/mol. The molecule has 1 N–H and O–H groups in total. The number of ether oxygens (including phenoxy) is 1. The van der Waals surface area contributed by atoms with Gasteiger partial charge in [0, 0.05) is 27.1 Å². The Bertz CT molecular complexity index is 615. The van der Waals surface area contributed by atoms with Crippen LogP contribution in [0.2, 0.25) is 0 Å². The highest BCUT2D eigenvalue weighted by atomic mass is 19.1. The molecule has 2 amide bonds. The molecule has 0 atom stereocenters. The number of benzene rings is 1. The number of carbonyl (C=O) groups is 1. The van der Waals surface area contributed by atoms with Gasteiger partial charge in [0.15, 0.2) is 12.4 Å². The van der Waals surface area contributed by atoms with E-state index >= 15 is 0 Å². The molecule has 0 aliphatic heterocycles. The van der Waals surface area contributed by atoms with Crippen molar-refractivity contribution < 1.29 is 18.4 Å². The number of halogens is 1. The Morgan fingerprint density at radius 3 is 2.82 bits per heavy atom. The van der Waals surface area contributed by atoms with Crippen LogP contribution in [0.3, 0.4) is 0 Å². The summed E-state index contributed by atoms with van der Waals surface area (Å²) in [5, 5.41) is 6.34. The van der Waals surface area contributed by atoms with Crippen molar-refractivity contribution in [2.75, 3.05) is 20.6 Å². The van der Waals surface area contributed by atoms with Gasteiger partial charge in [-0.3, -0.25) is 0 Å². The van der Waals surface area contributed by atoms with Crippen molar-refractivity contribution in [1.82, 2.24) is 20.4 Å². The minimum atomic E-state index is -0.326. The Hall–Kier alpha value is -2.64. The number of hydrogen-bond acceptors (Lipinski definition) is 5. The molecule has 0 aliphatic carbocycles. The topological polar surface area (TPSA) is 80.5 Å². The number of rotatable bonds is 6. The van der Waals surface area contributed by atoms with Crippen LogP contribution in [0.1, 0.15) is 11.7 Å². The summed E-state index contributed by atoms with van der Waals surface area (Å²) in [4.78, 5) is 17.0. The summed E-state index contributed by atoms with van der Waals surface area (Å²) < 4.78 is 23.2. The highest BCUT2D eigenvalue weighted by Crippen LogP contribution is 2.13. The van der Waals surface area contributed by atoms with Gasteiger partial charge in [0.05, 0.1) is 0 Å². The monoisotopic (exact) mass is 308 g/mol. The minimum Gasteiger partial charge on any atom is -0.484 e. The molecule has 0 saturated carbocycles. The molecular formula is C14H17FN4O3. The normalized spacial score (nSPS) is 10.3. The highest BCUT2D eigenvalue weighted by molar-refractivity contribution is 5.73. The molecule has 1 aromatic heterocycles. The van der Waals surface area contributed by atoms with E-state index < -0.39 is 0 Å². The van der Waals surface area contributed by atoms with Gasteiger partial charge in [-0.05, 0) is 24.3 Å². The van der Waals surface area contributed by atoms with Crippen molar-refractivity contribution in [2.45, 2.75) is 13.0 Å². The number of urea groups is 1. The third-order valence-corrected chi connectivity index (χ3v) is 2.92. The number of hydrogen-bond donors (Lipinski definition) is 1. The zero-order chi connectivity index (χ0) is 15.9. The van der Waals surface area contributed by atoms with Crippen LogP contribution >= 0.6 is 0 Å². The second-order valence-corrected chi connectivity index (χ2v) is 4.57. The van der Waals surface area contributed by atoms with Gasteiger partial charge in [0.25, 0.3) is 5.89 Å². The SMILES string of the molecule is CNC(=O)N(C)CCc1noc(COc2ccc(F)cc2)n1. The van der Waals surface area contributed by atoms with Crippen molar-refractivity contribution in [2.24, 2.45) is 0 Å². The van der Waals surface area contributed by atoms with E-state index in [1.54, 1.807) is 14.1 Å². The smallest absolute Gasteiger partial charge is 0.316 e. The van der Waals surface area contributed by atoms with Gasteiger partial charge in [0.2, 0.25) is 0 Å². The summed E-state index contributed by atoms with van der Waals surface area (Å²) in [5.41, 5.74) is 0. The van der Waals surface area contributed by atoms with Crippen LogP contribution in [0.15, 0.2) is 28.8 Å². The van der Waals surface area contributed by atoms with E-state index in [2.05, 4.69) is 15.5 Å². The van der Waals surface area contributed by atoms with Crippen LogP contribution < -0.4 is 10.1 Å². The number of nitrogens with zero attached hydrogens (tertiary/aromatic N) is 3. The van der Waals surface area contributed by atoms with Gasteiger partial charge in [-0.15, -0.1) is 0 Å². The van der Waals surface area contributed by atoms with Crippen LogP contribution in [-0.2, 0) is 13.0 Å².